The topological polar surface area (TPSA) is 24.9 Å². The molecule has 0 saturated heterocycles. The van der Waals surface area contributed by atoms with Crippen molar-refractivity contribution in [3.63, 3.8) is 0 Å². The summed E-state index contributed by atoms with van der Waals surface area (Å²) >= 11 is 0. The third kappa shape index (κ3) is 3.63. The fraction of sp³-hybridized carbons (Fsp3) is 0.615. The van der Waals surface area contributed by atoms with Crippen LogP contribution in [0.2, 0.25) is 0 Å². The number of hydrogen-bond donors (Lipinski definition) is 1. The standard InChI is InChI=1S/C13H22N2/c1-5-10(2)11(3)15-12(4)13-8-6-7-9-14-13/h6-12,15H,5H2,1-4H3/t10?,11?,12-/m0/s1. The van der Waals surface area contributed by atoms with Crippen LogP contribution < -0.4 is 5.32 Å². The van der Waals surface area contributed by atoms with Crippen molar-refractivity contribution in [3.8, 4) is 0 Å². The van der Waals surface area contributed by atoms with Gasteiger partial charge in [0.25, 0.3) is 0 Å². The summed E-state index contributed by atoms with van der Waals surface area (Å²) in [4.78, 5) is 4.35. The van der Waals surface area contributed by atoms with Crippen molar-refractivity contribution in [1.29, 1.82) is 0 Å². The molecule has 1 rings (SSSR count). The predicted molar refractivity (Wildman–Crippen MR) is 64.7 cm³/mol. The van der Waals surface area contributed by atoms with Crippen LogP contribution in [-0.2, 0) is 0 Å². The molecule has 0 spiro atoms. The highest BCUT2D eigenvalue weighted by Crippen LogP contribution is 2.13. The van der Waals surface area contributed by atoms with Crippen LogP contribution >= 0.6 is 0 Å². The third-order valence-electron chi connectivity index (χ3n) is 3.14. The summed E-state index contributed by atoms with van der Waals surface area (Å²) in [6, 6.07) is 6.92. The van der Waals surface area contributed by atoms with E-state index in [1.165, 1.54) is 6.42 Å². The van der Waals surface area contributed by atoms with Crippen LogP contribution in [0.25, 0.3) is 0 Å². The molecule has 1 heterocycles. The molecule has 15 heavy (non-hydrogen) atoms. The molecule has 0 aliphatic heterocycles. The maximum Gasteiger partial charge on any atom is 0.0570 e. The van der Waals surface area contributed by atoms with E-state index in [4.69, 9.17) is 0 Å². The van der Waals surface area contributed by atoms with E-state index < -0.39 is 0 Å². The Morgan fingerprint density at radius 2 is 2.00 bits per heavy atom. The van der Waals surface area contributed by atoms with Crippen LogP contribution in [0.15, 0.2) is 24.4 Å². The molecule has 0 radical (unpaired) electrons. The molecule has 0 aliphatic carbocycles. The molecule has 1 N–H and O–H groups in total. The van der Waals surface area contributed by atoms with E-state index >= 15 is 0 Å². The fourth-order valence-corrected chi connectivity index (χ4v) is 1.63. The van der Waals surface area contributed by atoms with Gasteiger partial charge in [-0.1, -0.05) is 26.3 Å². The molecule has 0 aromatic carbocycles. The minimum atomic E-state index is 0.329. The predicted octanol–water partition coefficient (Wildman–Crippen LogP) is 3.17. The van der Waals surface area contributed by atoms with Crippen LogP contribution in [0.1, 0.15) is 45.9 Å². The normalized spacial score (nSPS) is 17.1. The Hall–Kier alpha value is -0.890. The van der Waals surface area contributed by atoms with Gasteiger partial charge < -0.3 is 5.32 Å². The zero-order chi connectivity index (χ0) is 11.3. The van der Waals surface area contributed by atoms with Crippen molar-refractivity contribution >= 4 is 0 Å². The van der Waals surface area contributed by atoms with Gasteiger partial charge in [0.2, 0.25) is 0 Å². The molecule has 0 saturated carbocycles. The van der Waals surface area contributed by atoms with Crippen molar-refractivity contribution in [1.82, 2.24) is 10.3 Å². The third-order valence-corrected chi connectivity index (χ3v) is 3.14. The monoisotopic (exact) mass is 206 g/mol. The first-order valence-corrected chi connectivity index (χ1v) is 5.82. The van der Waals surface area contributed by atoms with Gasteiger partial charge in [-0.05, 0) is 31.9 Å². The van der Waals surface area contributed by atoms with Gasteiger partial charge in [-0.3, -0.25) is 4.98 Å². The summed E-state index contributed by atoms with van der Waals surface area (Å²) in [5.74, 6) is 0.705. The highest BCUT2D eigenvalue weighted by molar-refractivity contribution is 5.07. The second-order valence-corrected chi connectivity index (χ2v) is 4.32. The molecule has 0 aliphatic rings. The lowest BCUT2D eigenvalue weighted by atomic mass is 10.00. The molecule has 3 atom stereocenters. The van der Waals surface area contributed by atoms with Crippen molar-refractivity contribution < 1.29 is 0 Å². The fourth-order valence-electron chi connectivity index (χ4n) is 1.63. The maximum absolute atomic E-state index is 4.35. The molecule has 2 unspecified atom stereocenters. The lowest BCUT2D eigenvalue weighted by molar-refractivity contribution is 0.357. The van der Waals surface area contributed by atoms with E-state index in [9.17, 15) is 0 Å². The summed E-state index contributed by atoms with van der Waals surface area (Å²) in [6.45, 7) is 8.92. The Balaban J connectivity index is 2.52. The van der Waals surface area contributed by atoms with Gasteiger partial charge in [-0.25, -0.2) is 0 Å². The maximum atomic E-state index is 4.35. The van der Waals surface area contributed by atoms with E-state index in [0.717, 1.165) is 5.69 Å². The molecular weight excluding hydrogens is 184 g/mol. The number of aromatic nitrogens is 1. The largest absolute Gasteiger partial charge is 0.306 e. The lowest BCUT2D eigenvalue weighted by Gasteiger charge is -2.24. The first kappa shape index (κ1) is 12.2. The van der Waals surface area contributed by atoms with Gasteiger partial charge in [0.15, 0.2) is 0 Å². The Morgan fingerprint density at radius 1 is 1.27 bits per heavy atom. The van der Waals surface area contributed by atoms with E-state index in [2.05, 4.69) is 44.1 Å². The SMILES string of the molecule is CCC(C)C(C)N[C@@H](C)c1ccccn1. The Kier molecular flexibility index (Phi) is 4.76. The van der Waals surface area contributed by atoms with Crippen LogP contribution in [0.5, 0.6) is 0 Å². The summed E-state index contributed by atoms with van der Waals surface area (Å²) in [5, 5.41) is 3.58. The first-order chi connectivity index (χ1) is 7.15. The Morgan fingerprint density at radius 3 is 2.53 bits per heavy atom. The van der Waals surface area contributed by atoms with Crippen molar-refractivity contribution in [2.45, 2.75) is 46.2 Å². The summed E-state index contributed by atoms with van der Waals surface area (Å²) in [6.07, 6.45) is 3.06. The Bertz CT molecular complexity index is 271. The summed E-state index contributed by atoms with van der Waals surface area (Å²) in [5.41, 5.74) is 1.12. The molecule has 84 valence electrons. The van der Waals surface area contributed by atoms with E-state index in [0.29, 0.717) is 18.0 Å². The quantitative estimate of drug-likeness (QED) is 0.800. The first-order valence-electron chi connectivity index (χ1n) is 5.82. The van der Waals surface area contributed by atoms with Crippen LogP contribution in [0.4, 0.5) is 0 Å². The van der Waals surface area contributed by atoms with Gasteiger partial charge in [-0.15, -0.1) is 0 Å². The average molecular weight is 206 g/mol. The molecule has 0 amide bonds. The van der Waals surface area contributed by atoms with E-state index in [1.807, 2.05) is 18.3 Å². The van der Waals surface area contributed by atoms with E-state index in [-0.39, 0.29) is 0 Å². The van der Waals surface area contributed by atoms with Gasteiger partial charge >= 0.3 is 0 Å². The number of rotatable bonds is 5. The van der Waals surface area contributed by atoms with Crippen LogP contribution in [0.3, 0.4) is 0 Å². The summed E-state index contributed by atoms with van der Waals surface area (Å²) in [7, 11) is 0. The zero-order valence-electron chi connectivity index (χ0n) is 10.2. The molecule has 2 nitrogen and oxygen atoms in total. The van der Waals surface area contributed by atoms with Gasteiger partial charge in [0.1, 0.15) is 0 Å². The highest BCUT2D eigenvalue weighted by Gasteiger charge is 2.14. The lowest BCUT2D eigenvalue weighted by Crippen LogP contribution is -2.34. The zero-order valence-corrected chi connectivity index (χ0v) is 10.2. The van der Waals surface area contributed by atoms with E-state index in [1.54, 1.807) is 0 Å². The molecule has 2 heteroatoms. The van der Waals surface area contributed by atoms with Crippen molar-refractivity contribution in [2.24, 2.45) is 5.92 Å². The average Bonchev–Trinajstić information content (AvgIpc) is 2.29. The minimum absolute atomic E-state index is 0.329. The summed E-state index contributed by atoms with van der Waals surface area (Å²) < 4.78 is 0. The number of nitrogens with one attached hydrogen (secondary N) is 1. The van der Waals surface area contributed by atoms with Crippen LogP contribution in [0, 0.1) is 5.92 Å². The van der Waals surface area contributed by atoms with Gasteiger partial charge in [0, 0.05) is 18.3 Å². The van der Waals surface area contributed by atoms with Gasteiger partial charge in [-0.2, -0.15) is 0 Å². The molecule has 0 fully saturated rings. The van der Waals surface area contributed by atoms with Crippen molar-refractivity contribution in [3.05, 3.63) is 30.1 Å². The minimum Gasteiger partial charge on any atom is -0.306 e. The smallest absolute Gasteiger partial charge is 0.0570 e. The van der Waals surface area contributed by atoms with Crippen LogP contribution in [-0.4, -0.2) is 11.0 Å². The van der Waals surface area contributed by atoms with Crippen molar-refractivity contribution in [2.75, 3.05) is 0 Å². The Labute approximate surface area is 93.1 Å². The second kappa shape index (κ2) is 5.86. The second-order valence-electron chi connectivity index (χ2n) is 4.32. The molecule has 0 bridgehead atoms. The number of pyridine rings is 1. The molecule has 1 aromatic heterocycles. The van der Waals surface area contributed by atoms with Gasteiger partial charge in [0.05, 0.1) is 5.69 Å². The molecule has 1 aromatic rings. The molecular formula is C13H22N2. The number of hydrogen-bond acceptors (Lipinski definition) is 2. The number of nitrogens with zero attached hydrogens (tertiary/aromatic N) is 1. The highest BCUT2D eigenvalue weighted by atomic mass is 15.0.